The molecule has 7 heteroatoms. The fraction of sp³-hybridized carbons (Fsp3) is 0.278. The second kappa shape index (κ2) is 7.74. The summed E-state index contributed by atoms with van der Waals surface area (Å²) in [4.78, 5) is 12.2. The van der Waals surface area contributed by atoms with E-state index < -0.39 is 21.5 Å². The van der Waals surface area contributed by atoms with Gasteiger partial charge in [0, 0.05) is 12.7 Å². The Morgan fingerprint density at radius 1 is 1.12 bits per heavy atom. The van der Waals surface area contributed by atoms with Crippen LogP contribution in [0.15, 0.2) is 47.4 Å². The summed E-state index contributed by atoms with van der Waals surface area (Å²) < 4.78 is 49.5. The first-order valence-corrected chi connectivity index (χ1v) is 9.59. The van der Waals surface area contributed by atoms with Crippen molar-refractivity contribution in [2.24, 2.45) is 0 Å². The summed E-state index contributed by atoms with van der Waals surface area (Å²) in [7, 11) is -3.27. The standard InChI is InChI=1S/C18H19F2NO3S/c1-12(13-3-7-16(8-4-13)25(2,23)24)21-18(22)10-5-14-11-15(19)6-9-17(14)20/h3-4,6-9,11-12H,5,10H2,1-2H3,(H,21,22)/t12-/m1/s1. The molecule has 25 heavy (non-hydrogen) atoms. The number of carbonyl (C=O) groups excluding carboxylic acids is 1. The average Bonchev–Trinajstić information content (AvgIpc) is 2.55. The van der Waals surface area contributed by atoms with Crippen LogP contribution < -0.4 is 5.32 Å². The number of amides is 1. The molecule has 0 aliphatic heterocycles. The van der Waals surface area contributed by atoms with Crippen LogP contribution >= 0.6 is 0 Å². The summed E-state index contributed by atoms with van der Waals surface area (Å²) in [5.74, 6) is -1.39. The number of aryl methyl sites for hydroxylation is 1. The summed E-state index contributed by atoms with van der Waals surface area (Å²) in [6.07, 6.45) is 1.24. The Bertz CT molecular complexity index is 864. The molecule has 0 bridgehead atoms. The highest BCUT2D eigenvalue weighted by Gasteiger charge is 2.13. The Labute approximate surface area is 145 Å². The molecular weight excluding hydrogens is 348 g/mol. The van der Waals surface area contributed by atoms with Gasteiger partial charge < -0.3 is 5.32 Å². The van der Waals surface area contributed by atoms with Gasteiger partial charge in [0.1, 0.15) is 11.6 Å². The fourth-order valence-electron chi connectivity index (χ4n) is 2.38. The molecule has 134 valence electrons. The van der Waals surface area contributed by atoms with E-state index in [-0.39, 0.29) is 35.2 Å². The van der Waals surface area contributed by atoms with Crippen molar-refractivity contribution in [2.45, 2.75) is 30.7 Å². The van der Waals surface area contributed by atoms with Gasteiger partial charge in [0.05, 0.1) is 10.9 Å². The molecule has 0 aliphatic carbocycles. The molecule has 0 radical (unpaired) electrons. The molecule has 1 N–H and O–H groups in total. The number of carbonyl (C=O) groups is 1. The molecule has 1 atom stereocenters. The highest BCUT2D eigenvalue weighted by Crippen LogP contribution is 2.17. The van der Waals surface area contributed by atoms with Gasteiger partial charge in [-0.25, -0.2) is 17.2 Å². The molecule has 4 nitrogen and oxygen atoms in total. The van der Waals surface area contributed by atoms with Gasteiger partial charge in [0.25, 0.3) is 0 Å². The van der Waals surface area contributed by atoms with Crippen molar-refractivity contribution in [3.05, 3.63) is 65.2 Å². The van der Waals surface area contributed by atoms with Gasteiger partial charge in [-0.3, -0.25) is 4.79 Å². The maximum atomic E-state index is 13.5. The van der Waals surface area contributed by atoms with Gasteiger partial charge in [-0.05, 0) is 54.8 Å². The van der Waals surface area contributed by atoms with E-state index in [0.29, 0.717) is 0 Å². The first-order chi connectivity index (χ1) is 11.7. The number of benzene rings is 2. The maximum absolute atomic E-state index is 13.5. The molecule has 0 unspecified atom stereocenters. The molecule has 0 saturated carbocycles. The van der Waals surface area contributed by atoms with Gasteiger partial charge in [-0.1, -0.05) is 12.1 Å². The predicted octanol–water partition coefficient (Wildman–Crippen LogP) is 3.18. The van der Waals surface area contributed by atoms with E-state index in [1.807, 2.05) is 0 Å². The zero-order valence-corrected chi connectivity index (χ0v) is 14.7. The highest BCUT2D eigenvalue weighted by atomic mass is 32.2. The molecule has 0 spiro atoms. The summed E-state index contributed by atoms with van der Waals surface area (Å²) in [5.41, 5.74) is 0.901. The molecule has 0 aliphatic rings. The third-order valence-electron chi connectivity index (χ3n) is 3.81. The van der Waals surface area contributed by atoms with Gasteiger partial charge >= 0.3 is 0 Å². The largest absolute Gasteiger partial charge is 0.350 e. The van der Waals surface area contributed by atoms with Crippen molar-refractivity contribution in [3.8, 4) is 0 Å². The van der Waals surface area contributed by atoms with Crippen LogP contribution in [0.4, 0.5) is 8.78 Å². The smallest absolute Gasteiger partial charge is 0.220 e. The van der Waals surface area contributed by atoms with Crippen molar-refractivity contribution in [1.29, 1.82) is 0 Å². The molecular formula is C18H19F2NO3S. The van der Waals surface area contributed by atoms with Crippen molar-refractivity contribution >= 4 is 15.7 Å². The highest BCUT2D eigenvalue weighted by molar-refractivity contribution is 7.90. The van der Waals surface area contributed by atoms with E-state index in [1.165, 1.54) is 12.1 Å². The number of rotatable bonds is 6. The van der Waals surface area contributed by atoms with Crippen molar-refractivity contribution < 1.29 is 22.0 Å². The lowest BCUT2D eigenvalue weighted by Crippen LogP contribution is -2.26. The molecule has 0 fully saturated rings. The number of hydrogen-bond acceptors (Lipinski definition) is 3. The lowest BCUT2D eigenvalue weighted by Gasteiger charge is -2.15. The van der Waals surface area contributed by atoms with Gasteiger partial charge in [-0.15, -0.1) is 0 Å². The first kappa shape index (κ1) is 19.1. The Morgan fingerprint density at radius 2 is 1.76 bits per heavy atom. The molecule has 0 aromatic heterocycles. The van der Waals surface area contributed by atoms with Crippen molar-refractivity contribution in [1.82, 2.24) is 5.32 Å². The lowest BCUT2D eigenvalue weighted by atomic mass is 10.1. The van der Waals surface area contributed by atoms with Gasteiger partial charge in [0.2, 0.25) is 5.91 Å². The second-order valence-electron chi connectivity index (χ2n) is 5.87. The third kappa shape index (κ3) is 5.35. The third-order valence-corrected chi connectivity index (χ3v) is 4.94. The van der Waals surface area contributed by atoms with E-state index in [9.17, 15) is 22.0 Å². The van der Waals surface area contributed by atoms with E-state index in [0.717, 1.165) is 30.0 Å². The average molecular weight is 367 g/mol. The molecule has 0 saturated heterocycles. The summed E-state index contributed by atoms with van der Waals surface area (Å²) in [6, 6.07) is 9.04. The minimum Gasteiger partial charge on any atom is -0.350 e. The van der Waals surface area contributed by atoms with E-state index in [4.69, 9.17) is 0 Å². The monoisotopic (exact) mass is 367 g/mol. The minimum absolute atomic E-state index is 0.0200. The number of halogens is 2. The Balaban J connectivity index is 1.94. The minimum atomic E-state index is -3.27. The van der Waals surface area contributed by atoms with Crippen LogP contribution in [0.3, 0.4) is 0 Å². The normalized spacial score (nSPS) is 12.6. The first-order valence-electron chi connectivity index (χ1n) is 7.70. The van der Waals surface area contributed by atoms with E-state index in [1.54, 1.807) is 19.1 Å². The molecule has 0 heterocycles. The number of nitrogens with one attached hydrogen (secondary N) is 1. The van der Waals surface area contributed by atoms with Crippen LogP contribution in [0.1, 0.15) is 30.5 Å². The van der Waals surface area contributed by atoms with Crippen molar-refractivity contribution in [3.63, 3.8) is 0 Å². The Morgan fingerprint density at radius 3 is 2.36 bits per heavy atom. The molecule has 2 rings (SSSR count). The zero-order chi connectivity index (χ0) is 18.6. The van der Waals surface area contributed by atoms with Gasteiger partial charge in [-0.2, -0.15) is 0 Å². The fourth-order valence-corrected chi connectivity index (χ4v) is 3.01. The van der Waals surface area contributed by atoms with Crippen LogP contribution in [0.2, 0.25) is 0 Å². The summed E-state index contributed by atoms with van der Waals surface area (Å²) >= 11 is 0. The summed E-state index contributed by atoms with van der Waals surface area (Å²) in [5, 5.41) is 2.75. The maximum Gasteiger partial charge on any atom is 0.220 e. The van der Waals surface area contributed by atoms with Crippen LogP contribution in [-0.4, -0.2) is 20.6 Å². The topological polar surface area (TPSA) is 63.2 Å². The lowest BCUT2D eigenvalue weighted by molar-refractivity contribution is -0.121. The Kier molecular flexibility index (Phi) is 5.89. The van der Waals surface area contributed by atoms with Crippen molar-refractivity contribution in [2.75, 3.05) is 6.26 Å². The number of hydrogen-bond donors (Lipinski definition) is 1. The molecule has 2 aromatic carbocycles. The van der Waals surface area contributed by atoms with E-state index >= 15 is 0 Å². The van der Waals surface area contributed by atoms with Crippen LogP contribution in [0.25, 0.3) is 0 Å². The summed E-state index contributed by atoms with van der Waals surface area (Å²) in [6.45, 7) is 1.76. The molecule has 1 amide bonds. The van der Waals surface area contributed by atoms with Crippen LogP contribution in [-0.2, 0) is 21.1 Å². The zero-order valence-electron chi connectivity index (χ0n) is 13.9. The quantitative estimate of drug-likeness (QED) is 0.853. The number of sulfone groups is 1. The van der Waals surface area contributed by atoms with E-state index in [2.05, 4.69) is 5.32 Å². The SMILES string of the molecule is C[C@@H](NC(=O)CCc1cc(F)ccc1F)c1ccc(S(C)(=O)=O)cc1. The Hall–Kier alpha value is -2.28. The van der Waals surface area contributed by atoms with Crippen LogP contribution in [0, 0.1) is 11.6 Å². The van der Waals surface area contributed by atoms with Crippen LogP contribution in [0.5, 0.6) is 0 Å². The second-order valence-corrected chi connectivity index (χ2v) is 7.88. The van der Waals surface area contributed by atoms with Gasteiger partial charge in [0.15, 0.2) is 9.84 Å². The predicted molar refractivity (Wildman–Crippen MR) is 90.8 cm³/mol. The molecule has 2 aromatic rings.